The second kappa shape index (κ2) is 5.53. The fraction of sp³-hybridized carbons (Fsp3) is 0.250. The molecule has 4 nitrogen and oxygen atoms in total. The minimum Gasteiger partial charge on any atom is -0.444 e. The Kier molecular flexibility index (Phi) is 3.72. The average Bonchev–Trinajstić information content (AvgIpc) is 2.46. The van der Waals surface area contributed by atoms with Gasteiger partial charge in [0.2, 0.25) is 5.88 Å². The number of carbonyl (C=O) groups is 1. The van der Waals surface area contributed by atoms with Gasteiger partial charge in [0.1, 0.15) is 17.4 Å². The van der Waals surface area contributed by atoms with Gasteiger partial charge in [0, 0.05) is 22.0 Å². The van der Waals surface area contributed by atoms with Gasteiger partial charge in [-0.1, -0.05) is 12.1 Å². The number of nitriles is 1. The van der Waals surface area contributed by atoms with Gasteiger partial charge in [-0.2, -0.15) is 5.26 Å². The van der Waals surface area contributed by atoms with Gasteiger partial charge in [-0.15, -0.1) is 0 Å². The summed E-state index contributed by atoms with van der Waals surface area (Å²) in [6.07, 6.45) is 1.97. The fourth-order valence-electron chi connectivity index (χ4n) is 2.88. The van der Waals surface area contributed by atoms with Crippen molar-refractivity contribution in [3.8, 4) is 6.07 Å². The third-order valence-electron chi connectivity index (χ3n) is 3.79. The third-order valence-corrected chi connectivity index (χ3v) is 4.46. The lowest BCUT2D eigenvalue weighted by molar-refractivity contribution is -0.116. The van der Waals surface area contributed by atoms with Gasteiger partial charge in [-0.05, 0) is 46.7 Å². The molecule has 0 amide bonds. The number of benzene rings is 1. The van der Waals surface area contributed by atoms with Gasteiger partial charge in [0.15, 0.2) is 5.78 Å². The molecule has 0 spiro atoms. The summed E-state index contributed by atoms with van der Waals surface area (Å²) in [5, 5.41) is 9.44. The van der Waals surface area contributed by atoms with E-state index in [1.165, 1.54) is 0 Å². The van der Waals surface area contributed by atoms with Gasteiger partial charge in [-0.25, -0.2) is 0 Å². The molecule has 0 saturated carbocycles. The van der Waals surface area contributed by atoms with Crippen molar-refractivity contribution in [3.05, 3.63) is 56.2 Å². The van der Waals surface area contributed by atoms with E-state index >= 15 is 0 Å². The molecule has 0 fully saturated rings. The number of allylic oxidation sites excluding steroid dienone is 3. The average molecular weight is 392 g/mol. The highest BCUT2D eigenvalue weighted by molar-refractivity contribution is 14.1. The van der Waals surface area contributed by atoms with Crippen LogP contribution in [0, 0.1) is 14.9 Å². The molecule has 0 bridgehead atoms. The summed E-state index contributed by atoms with van der Waals surface area (Å²) < 4.78 is 6.59. The summed E-state index contributed by atoms with van der Waals surface area (Å²) in [5.74, 6) is 0.406. The second-order valence-electron chi connectivity index (χ2n) is 5.09. The number of rotatable bonds is 1. The summed E-state index contributed by atoms with van der Waals surface area (Å²) in [6.45, 7) is 0. The van der Waals surface area contributed by atoms with Gasteiger partial charge in [-0.3, -0.25) is 4.79 Å². The van der Waals surface area contributed by atoms with Crippen molar-refractivity contribution >= 4 is 28.4 Å². The number of ether oxygens (including phenoxy) is 1. The highest BCUT2D eigenvalue weighted by atomic mass is 127. The zero-order chi connectivity index (χ0) is 15.0. The number of hydrogen-bond acceptors (Lipinski definition) is 4. The first-order chi connectivity index (χ1) is 10.1. The number of carbonyl (C=O) groups excluding carboxylic acids is 1. The molecular formula is C16H13IN2O2. The summed E-state index contributed by atoms with van der Waals surface area (Å²) in [4.78, 5) is 12.4. The molecular weight excluding hydrogens is 379 g/mol. The molecule has 2 N–H and O–H groups in total. The van der Waals surface area contributed by atoms with Crippen LogP contribution in [0.15, 0.2) is 47.1 Å². The maximum atomic E-state index is 12.4. The molecule has 106 valence electrons. The van der Waals surface area contributed by atoms with Crippen LogP contribution in [0.2, 0.25) is 0 Å². The Hall–Kier alpha value is -1.81. The Morgan fingerprint density at radius 1 is 1.38 bits per heavy atom. The van der Waals surface area contributed by atoms with Gasteiger partial charge in [0.05, 0.1) is 5.92 Å². The molecule has 21 heavy (non-hydrogen) atoms. The van der Waals surface area contributed by atoms with Crippen molar-refractivity contribution in [1.29, 1.82) is 5.26 Å². The largest absolute Gasteiger partial charge is 0.444 e. The number of nitrogens with two attached hydrogens (primary N) is 1. The number of hydrogen-bond donors (Lipinski definition) is 1. The van der Waals surface area contributed by atoms with Crippen molar-refractivity contribution in [2.45, 2.75) is 25.2 Å². The number of nitrogens with zero attached hydrogens (tertiary/aromatic N) is 1. The number of halogens is 1. The van der Waals surface area contributed by atoms with Crippen LogP contribution >= 0.6 is 22.6 Å². The molecule has 3 rings (SSSR count). The van der Waals surface area contributed by atoms with Crippen LogP contribution in [0.5, 0.6) is 0 Å². The Bertz CT molecular complexity index is 728. The molecule has 0 unspecified atom stereocenters. The predicted octanol–water partition coefficient (Wildman–Crippen LogP) is 3.11. The molecule has 1 aromatic carbocycles. The normalized spacial score (nSPS) is 21.7. The molecule has 1 aliphatic carbocycles. The first-order valence-corrected chi connectivity index (χ1v) is 7.79. The van der Waals surface area contributed by atoms with Crippen molar-refractivity contribution in [2.75, 3.05) is 0 Å². The van der Waals surface area contributed by atoms with E-state index in [1.807, 2.05) is 24.3 Å². The smallest absolute Gasteiger partial charge is 0.205 e. The fourth-order valence-corrected chi connectivity index (χ4v) is 3.44. The molecule has 2 aliphatic rings. The van der Waals surface area contributed by atoms with E-state index in [0.717, 1.165) is 15.6 Å². The quantitative estimate of drug-likeness (QED) is 0.746. The Balaban J connectivity index is 2.20. The van der Waals surface area contributed by atoms with Crippen molar-refractivity contribution in [3.63, 3.8) is 0 Å². The number of Topliss-reactive ketones (excluding diaryl/α,β-unsaturated/α-hetero) is 1. The van der Waals surface area contributed by atoms with Crippen LogP contribution in [0.1, 0.15) is 30.7 Å². The van der Waals surface area contributed by atoms with E-state index < -0.39 is 5.92 Å². The van der Waals surface area contributed by atoms with Crippen molar-refractivity contribution in [2.24, 2.45) is 5.73 Å². The van der Waals surface area contributed by atoms with Crippen molar-refractivity contribution < 1.29 is 9.53 Å². The van der Waals surface area contributed by atoms with E-state index in [4.69, 9.17) is 10.5 Å². The van der Waals surface area contributed by atoms with Gasteiger partial charge < -0.3 is 10.5 Å². The summed E-state index contributed by atoms with van der Waals surface area (Å²) >= 11 is 2.22. The highest BCUT2D eigenvalue weighted by Crippen LogP contribution is 2.43. The molecule has 0 aromatic heterocycles. The van der Waals surface area contributed by atoms with Crippen LogP contribution in [0.25, 0.3) is 0 Å². The minimum absolute atomic E-state index is 0.0559. The topological polar surface area (TPSA) is 76.1 Å². The molecule has 1 heterocycles. The summed E-state index contributed by atoms with van der Waals surface area (Å²) in [6, 6.07) is 9.92. The number of ketones is 1. The van der Waals surface area contributed by atoms with Crippen LogP contribution in [-0.4, -0.2) is 5.78 Å². The third kappa shape index (κ3) is 2.44. The van der Waals surface area contributed by atoms with E-state index in [-0.39, 0.29) is 11.7 Å². The van der Waals surface area contributed by atoms with E-state index in [0.29, 0.717) is 29.7 Å². The second-order valence-corrected chi connectivity index (χ2v) is 6.34. The maximum Gasteiger partial charge on any atom is 0.205 e. The minimum atomic E-state index is -0.402. The molecule has 0 radical (unpaired) electrons. The van der Waals surface area contributed by atoms with E-state index in [2.05, 4.69) is 28.7 Å². The van der Waals surface area contributed by atoms with Gasteiger partial charge >= 0.3 is 0 Å². The van der Waals surface area contributed by atoms with Crippen molar-refractivity contribution in [1.82, 2.24) is 0 Å². The van der Waals surface area contributed by atoms with Crippen LogP contribution in [0.4, 0.5) is 0 Å². The lowest BCUT2D eigenvalue weighted by Crippen LogP contribution is -2.27. The molecule has 0 saturated heterocycles. The van der Waals surface area contributed by atoms with E-state index in [1.54, 1.807) is 0 Å². The SMILES string of the molecule is N#CC1=C(N)OC2=C(C(=O)CCC2)[C@H]1c1cccc(I)c1. The summed E-state index contributed by atoms with van der Waals surface area (Å²) in [5.41, 5.74) is 7.74. The van der Waals surface area contributed by atoms with Crippen LogP contribution in [0.3, 0.4) is 0 Å². The Labute approximate surface area is 136 Å². The van der Waals surface area contributed by atoms with E-state index in [9.17, 15) is 10.1 Å². The monoisotopic (exact) mass is 392 g/mol. The zero-order valence-corrected chi connectivity index (χ0v) is 13.4. The van der Waals surface area contributed by atoms with Crippen LogP contribution in [-0.2, 0) is 9.53 Å². The Morgan fingerprint density at radius 2 is 2.19 bits per heavy atom. The predicted molar refractivity (Wildman–Crippen MR) is 85.7 cm³/mol. The zero-order valence-electron chi connectivity index (χ0n) is 11.2. The molecule has 5 heteroatoms. The molecule has 1 atom stereocenters. The Morgan fingerprint density at radius 3 is 2.90 bits per heavy atom. The molecule has 1 aromatic rings. The highest BCUT2D eigenvalue weighted by Gasteiger charge is 2.37. The standard InChI is InChI=1S/C16H13IN2O2/c17-10-4-1-3-9(7-10)14-11(8-18)16(19)21-13-6-2-5-12(20)15(13)14/h1,3-4,7,14H,2,5-6,19H2/t14-/m0/s1. The lowest BCUT2D eigenvalue weighted by atomic mass is 9.78. The first kappa shape index (κ1) is 14.1. The first-order valence-electron chi connectivity index (χ1n) is 6.71. The maximum absolute atomic E-state index is 12.4. The summed E-state index contributed by atoms with van der Waals surface area (Å²) in [7, 11) is 0. The molecule has 1 aliphatic heterocycles. The lowest BCUT2D eigenvalue weighted by Gasteiger charge is -2.31. The van der Waals surface area contributed by atoms with Gasteiger partial charge in [0.25, 0.3) is 0 Å². The van der Waals surface area contributed by atoms with Crippen LogP contribution < -0.4 is 5.73 Å².